The fourth-order valence-electron chi connectivity index (χ4n) is 3.55. The van der Waals surface area contributed by atoms with Gasteiger partial charge in [-0.05, 0) is 18.1 Å². The van der Waals surface area contributed by atoms with Crippen molar-refractivity contribution in [2.75, 3.05) is 32.8 Å². The number of fused-ring (bicyclic) bond motifs is 1. The lowest BCUT2D eigenvalue weighted by molar-refractivity contribution is -0.139. The Kier molecular flexibility index (Phi) is 4.05. The summed E-state index contributed by atoms with van der Waals surface area (Å²) in [5.41, 5.74) is 1.11. The molecular weight excluding hydrogens is 332 g/mol. The number of morpholine rings is 1. The van der Waals surface area contributed by atoms with Crippen molar-refractivity contribution in [1.29, 1.82) is 0 Å². The van der Waals surface area contributed by atoms with Crippen LogP contribution in [0.2, 0.25) is 5.15 Å². The van der Waals surface area contributed by atoms with E-state index in [1.54, 1.807) is 12.3 Å². The molecule has 3 amide bonds. The lowest BCUT2D eigenvalue weighted by Gasteiger charge is -2.46. The normalized spacial score (nSPS) is 27.3. The van der Waals surface area contributed by atoms with Gasteiger partial charge in [0.2, 0.25) is 5.91 Å². The third-order valence-electron chi connectivity index (χ3n) is 4.97. The molecule has 128 valence electrons. The second-order valence-electron chi connectivity index (χ2n) is 6.56. The van der Waals surface area contributed by atoms with E-state index in [9.17, 15) is 9.59 Å². The van der Waals surface area contributed by atoms with Crippen molar-refractivity contribution in [3.8, 4) is 0 Å². The van der Waals surface area contributed by atoms with Gasteiger partial charge in [0.1, 0.15) is 11.8 Å². The van der Waals surface area contributed by atoms with Gasteiger partial charge >= 0.3 is 6.03 Å². The largest absolute Gasteiger partial charge is 0.366 e. The molecule has 1 aromatic rings. The van der Waals surface area contributed by atoms with Gasteiger partial charge < -0.3 is 19.9 Å². The van der Waals surface area contributed by atoms with Crippen molar-refractivity contribution in [2.24, 2.45) is 0 Å². The Hall–Kier alpha value is -1.86. The molecule has 1 aromatic heterocycles. The first kappa shape index (κ1) is 15.7. The van der Waals surface area contributed by atoms with Gasteiger partial charge in [-0.2, -0.15) is 0 Å². The molecule has 2 atom stereocenters. The van der Waals surface area contributed by atoms with Crippen molar-refractivity contribution >= 4 is 23.5 Å². The van der Waals surface area contributed by atoms with Crippen LogP contribution in [0.15, 0.2) is 18.3 Å². The Labute approximate surface area is 144 Å². The maximum absolute atomic E-state index is 12.6. The number of halogens is 1. The molecule has 4 heterocycles. The fraction of sp³-hybridized carbons (Fsp3) is 0.562. The summed E-state index contributed by atoms with van der Waals surface area (Å²) in [6, 6.07) is 3.67. The summed E-state index contributed by atoms with van der Waals surface area (Å²) in [7, 11) is 0. The van der Waals surface area contributed by atoms with Gasteiger partial charge in [-0.15, -0.1) is 0 Å². The molecule has 0 unspecified atom stereocenters. The minimum atomic E-state index is -0.107. The number of rotatable bonds is 1. The summed E-state index contributed by atoms with van der Waals surface area (Å²) < 4.78 is 5.53. The first-order valence-corrected chi connectivity index (χ1v) is 8.54. The number of carbonyl (C=O) groups excluding carboxylic acids is 2. The zero-order valence-electron chi connectivity index (χ0n) is 13.2. The minimum Gasteiger partial charge on any atom is -0.366 e. The van der Waals surface area contributed by atoms with Crippen LogP contribution in [0.3, 0.4) is 0 Å². The summed E-state index contributed by atoms with van der Waals surface area (Å²) in [5.74, 6) is 0.207. The molecule has 0 bridgehead atoms. The lowest BCUT2D eigenvalue weighted by Crippen LogP contribution is -2.63. The molecule has 3 aliphatic rings. The van der Waals surface area contributed by atoms with Crippen LogP contribution < -0.4 is 5.32 Å². The van der Waals surface area contributed by atoms with Crippen molar-refractivity contribution in [3.63, 3.8) is 0 Å². The van der Waals surface area contributed by atoms with Gasteiger partial charge in [0, 0.05) is 38.3 Å². The highest BCUT2D eigenvalue weighted by molar-refractivity contribution is 6.29. The van der Waals surface area contributed by atoms with E-state index in [0.29, 0.717) is 37.3 Å². The number of hydrogen-bond donors (Lipinski definition) is 1. The SMILES string of the molecule is O=C1CO[C@H]2CCN(C(=O)N3CC(c4ccc(Cl)nc4)C3)C[C@H]2N1. The van der Waals surface area contributed by atoms with E-state index >= 15 is 0 Å². The van der Waals surface area contributed by atoms with Crippen LogP contribution >= 0.6 is 11.6 Å². The summed E-state index contributed by atoms with van der Waals surface area (Å²) in [5, 5.41) is 3.40. The first-order valence-electron chi connectivity index (χ1n) is 8.16. The first-order chi connectivity index (χ1) is 11.6. The third-order valence-corrected chi connectivity index (χ3v) is 5.19. The van der Waals surface area contributed by atoms with E-state index < -0.39 is 0 Å². The number of urea groups is 1. The molecule has 0 saturated carbocycles. The van der Waals surface area contributed by atoms with Gasteiger partial charge in [0.05, 0.1) is 12.1 Å². The minimum absolute atomic E-state index is 0.0241. The summed E-state index contributed by atoms with van der Waals surface area (Å²) in [6.45, 7) is 2.68. The Bertz CT molecular complexity index is 647. The van der Waals surface area contributed by atoms with Crippen LogP contribution in [0.25, 0.3) is 0 Å². The Balaban J connectivity index is 1.32. The zero-order valence-corrected chi connectivity index (χ0v) is 13.9. The van der Waals surface area contributed by atoms with Crippen LogP contribution in [-0.2, 0) is 9.53 Å². The lowest BCUT2D eigenvalue weighted by atomic mass is 9.93. The molecule has 3 saturated heterocycles. The second kappa shape index (κ2) is 6.22. The van der Waals surface area contributed by atoms with Crippen LogP contribution in [0.4, 0.5) is 4.79 Å². The van der Waals surface area contributed by atoms with Gasteiger partial charge in [-0.3, -0.25) is 4.79 Å². The van der Waals surface area contributed by atoms with E-state index in [0.717, 1.165) is 12.0 Å². The molecule has 3 aliphatic heterocycles. The van der Waals surface area contributed by atoms with E-state index in [2.05, 4.69) is 10.3 Å². The van der Waals surface area contributed by atoms with Crippen molar-refractivity contribution in [1.82, 2.24) is 20.1 Å². The molecule has 3 fully saturated rings. The van der Waals surface area contributed by atoms with Crippen LogP contribution in [-0.4, -0.2) is 71.7 Å². The number of nitrogens with one attached hydrogen (secondary N) is 1. The smallest absolute Gasteiger partial charge is 0.320 e. The third kappa shape index (κ3) is 2.93. The highest BCUT2D eigenvalue weighted by Gasteiger charge is 2.40. The molecule has 1 N–H and O–H groups in total. The predicted octanol–water partition coefficient (Wildman–Crippen LogP) is 0.843. The Morgan fingerprint density at radius 2 is 2.12 bits per heavy atom. The number of piperidine rings is 1. The number of hydrogen-bond acceptors (Lipinski definition) is 4. The molecule has 7 nitrogen and oxygen atoms in total. The number of pyridine rings is 1. The monoisotopic (exact) mass is 350 g/mol. The number of ether oxygens (including phenoxy) is 1. The summed E-state index contributed by atoms with van der Waals surface area (Å²) >= 11 is 5.80. The summed E-state index contributed by atoms with van der Waals surface area (Å²) in [4.78, 5) is 31.8. The predicted molar refractivity (Wildman–Crippen MR) is 86.8 cm³/mol. The maximum atomic E-state index is 12.6. The molecule has 24 heavy (non-hydrogen) atoms. The quantitative estimate of drug-likeness (QED) is 0.762. The molecule has 8 heteroatoms. The molecule has 0 aliphatic carbocycles. The van der Waals surface area contributed by atoms with E-state index in [4.69, 9.17) is 16.3 Å². The van der Waals surface area contributed by atoms with E-state index in [1.807, 2.05) is 15.9 Å². The zero-order chi connectivity index (χ0) is 16.7. The molecular formula is C16H19ClN4O3. The number of carbonyl (C=O) groups is 2. The average molecular weight is 351 g/mol. The van der Waals surface area contributed by atoms with Gasteiger partial charge in [0.25, 0.3) is 0 Å². The van der Waals surface area contributed by atoms with Gasteiger partial charge in [0.15, 0.2) is 0 Å². The number of aromatic nitrogens is 1. The topological polar surface area (TPSA) is 74.8 Å². The van der Waals surface area contributed by atoms with Crippen molar-refractivity contribution in [2.45, 2.75) is 24.5 Å². The van der Waals surface area contributed by atoms with Crippen LogP contribution in [0.1, 0.15) is 17.9 Å². The molecule has 0 radical (unpaired) electrons. The van der Waals surface area contributed by atoms with Crippen molar-refractivity contribution in [3.05, 3.63) is 29.0 Å². The van der Waals surface area contributed by atoms with Crippen LogP contribution in [0, 0.1) is 0 Å². The highest BCUT2D eigenvalue weighted by atomic mass is 35.5. The number of nitrogens with zero attached hydrogens (tertiary/aromatic N) is 3. The van der Waals surface area contributed by atoms with Gasteiger partial charge in [-0.1, -0.05) is 17.7 Å². The standard InChI is InChI=1S/C16H19ClN4O3/c17-14-2-1-10(5-18-14)11-6-21(7-11)16(23)20-4-3-13-12(8-20)19-15(22)9-24-13/h1-2,5,11-13H,3-4,6-9H2,(H,19,22)/t12-,13+/m1/s1. The molecule has 4 rings (SSSR count). The second-order valence-corrected chi connectivity index (χ2v) is 6.94. The average Bonchev–Trinajstić information content (AvgIpc) is 2.54. The molecule has 0 spiro atoms. The number of likely N-dealkylation sites (tertiary alicyclic amines) is 2. The van der Waals surface area contributed by atoms with E-state index in [1.165, 1.54) is 0 Å². The van der Waals surface area contributed by atoms with Crippen molar-refractivity contribution < 1.29 is 14.3 Å². The fourth-order valence-corrected chi connectivity index (χ4v) is 3.66. The molecule has 0 aromatic carbocycles. The van der Waals surface area contributed by atoms with Crippen LogP contribution in [0.5, 0.6) is 0 Å². The summed E-state index contributed by atoms with van der Waals surface area (Å²) in [6.07, 6.45) is 2.56. The van der Waals surface area contributed by atoms with E-state index in [-0.39, 0.29) is 30.7 Å². The van der Waals surface area contributed by atoms with Gasteiger partial charge in [-0.25, -0.2) is 9.78 Å². The Morgan fingerprint density at radius 1 is 1.29 bits per heavy atom. The highest BCUT2D eigenvalue weighted by Crippen LogP contribution is 2.29. The maximum Gasteiger partial charge on any atom is 0.320 e. The Morgan fingerprint density at radius 3 is 2.88 bits per heavy atom. The number of amides is 3.